The highest BCUT2D eigenvalue weighted by molar-refractivity contribution is 5.92. The molecule has 2 rings (SSSR count). The highest BCUT2D eigenvalue weighted by Crippen LogP contribution is 2.32. The van der Waals surface area contributed by atoms with Crippen LogP contribution >= 0.6 is 0 Å². The van der Waals surface area contributed by atoms with Crippen LogP contribution in [0.2, 0.25) is 0 Å². The second-order valence-corrected chi connectivity index (χ2v) is 10.3. The molecule has 0 N–H and O–H groups in total. The molecule has 0 aromatic rings. The molecule has 2 aliphatic rings. The van der Waals surface area contributed by atoms with Gasteiger partial charge in [-0.1, -0.05) is 41.5 Å². The van der Waals surface area contributed by atoms with Gasteiger partial charge in [0.25, 0.3) is 5.91 Å². The van der Waals surface area contributed by atoms with Crippen LogP contribution in [-0.4, -0.2) is 70.3 Å². The Balaban J connectivity index is 2.43. The minimum atomic E-state index is -0.805. The monoisotopic (exact) mass is 439 g/mol. The van der Waals surface area contributed by atoms with Crippen molar-refractivity contribution in [3.8, 4) is 0 Å². The first-order valence-corrected chi connectivity index (χ1v) is 11.7. The van der Waals surface area contributed by atoms with E-state index in [1.807, 2.05) is 27.7 Å². The van der Waals surface area contributed by atoms with Gasteiger partial charge in [-0.15, -0.1) is 0 Å². The molecule has 0 saturated carbocycles. The summed E-state index contributed by atoms with van der Waals surface area (Å²) in [5.74, 6) is 0.599. The molecule has 3 amide bonds. The van der Waals surface area contributed by atoms with Crippen molar-refractivity contribution in [2.45, 2.75) is 99.1 Å². The van der Waals surface area contributed by atoms with Crippen LogP contribution in [0.3, 0.4) is 0 Å². The molecule has 0 aromatic heterocycles. The Bertz CT molecular complexity index is 649. The van der Waals surface area contributed by atoms with E-state index in [0.29, 0.717) is 25.3 Å². The van der Waals surface area contributed by atoms with E-state index in [1.165, 1.54) is 5.06 Å². The number of hydrogen-bond donors (Lipinski definition) is 0. The van der Waals surface area contributed by atoms with E-state index in [9.17, 15) is 14.4 Å². The Kier molecular flexibility index (Phi) is 8.74. The molecule has 3 atom stereocenters. The average Bonchev–Trinajstić information content (AvgIpc) is 2.63. The summed E-state index contributed by atoms with van der Waals surface area (Å²) in [4.78, 5) is 49.1. The number of rotatable bonds is 8. The third-order valence-corrected chi connectivity index (χ3v) is 5.55. The highest BCUT2D eigenvalue weighted by atomic mass is 16.7. The summed E-state index contributed by atoms with van der Waals surface area (Å²) in [5, 5.41) is 1.20. The largest absolute Gasteiger partial charge is 0.445 e. The fourth-order valence-electron chi connectivity index (χ4n) is 4.09. The van der Waals surface area contributed by atoms with Crippen LogP contribution in [0.15, 0.2) is 0 Å². The lowest BCUT2D eigenvalue weighted by Crippen LogP contribution is -2.73. The minimum Gasteiger partial charge on any atom is -0.445 e. The highest BCUT2D eigenvalue weighted by Gasteiger charge is 2.53. The number of carbonyl (C=O) groups excluding carboxylic acids is 3. The Hall–Kier alpha value is -1.83. The third-order valence-electron chi connectivity index (χ3n) is 5.55. The van der Waals surface area contributed by atoms with Crippen molar-refractivity contribution in [3.63, 3.8) is 0 Å². The number of fused-ring (bicyclic) bond motifs is 1. The van der Waals surface area contributed by atoms with Crippen molar-refractivity contribution in [1.82, 2.24) is 14.9 Å². The predicted molar refractivity (Wildman–Crippen MR) is 118 cm³/mol. The molecular formula is C23H41N3O5. The summed E-state index contributed by atoms with van der Waals surface area (Å²) >= 11 is 0. The first-order valence-electron chi connectivity index (χ1n) is 11.7. The first-order chi connectivity index (χ1) is 14.4. The summed E-state index contributed by atoms with van der Waals surface area (Å²) in [6.45, 7) is 16.7. The van der Waals surface area contributed by atoms with E-state index in [2.05, 4.69) is 13.8 Å². The number of nitrogens with zero attached hydrogens (tertiary/aromatic N) is 3. The first kappa shape index (κ1) is 25.4. The molecule has 31 heavy (non-hydrogen) atoms. The van der Waals surface area contributed by atoms with E-state index in [-0.39, 0.29) is 36.3 Å². The van der Waals surface area contributed by atoms with Gasteiger partial charge in [-0.05, 0) is 50.9 Å². The third kappa shape index (κ3) is 6.34. The molecule has 2 heterocycles. The maximum atomic E-state index is 13.4. The summed E-state index contributed by atoms with van der Waals surface area (Å²) in [5.41, 5.74) is 0. The Morgan fingerprint density at radius 3 is 2.10 bits per heavy atom. The van der Waals surface area contributed by atoms with Crippen molar-refractivity contribution in [1.29, 1.82) is 0 Å². The second kappa shape index (κ2) is 10.7. The van der Waals surface area contributed by atoms with Crippen molar-refractivity contribution < 1.29 is 24.0 Å². The maximum absolute atomic E-state index is 13.4. The van der Waals surface area contributed by atoms with Gasteiger partial charge in [0.05, 0.1) is 12.6 Å². The molecule has 0 bridgehead atoms. The van der Waals surface area contributed by atoms with Gasteiger partial charge in [-0.3, -0.25) is 14.4 Å². The lowest BCUT2D eigenvalue weighted by Gasteiger charge is -2.53. The Labute approximate surface area is 187 Å². The number of amides is 3. The summed E-state index contributed by atoms with van der Waals surface area (Å²) in [7, 11) is 0. The molecule has 8 heteroatoms. The smallest absolute Gasteiger partial charge is 0.436 e. The van der Waals surface area contributed by atoms with E-state index in [4.69, 9.17) is 9.57 Å². The van der Waals surface area contributed by atoms with Crippen molar-refractivity contribution in [3.05, 3.63) is 0 Å². The lowest BCUT2D eigenvalue weighted by molar-refractivity contribution is -0.270. The molecule has 2 fully saturated rings. The quantitative estimate of drug-likeness (QED) is 0.577. The number of hydroxylamine groups is 2. The molecular weight excluding hydrogens is 398 g/mol. The number of ether oxygens (including phenoxy) is 1. The Morgan fingerprint density at radius 2 is 1.58 bits per heavy atom. The second-order valence-electron chi connectivity index (χ2n) is 10.3. The minimum absolute atomic E-state index is 0.0404. The SMILES string of the molecule is CC(C)CCN1CC2N(C(=O)OC(C)C)O[C@H](CC(C)C)C(=O)N2[C@@H](CC(C)C)C1=O. The van der Waals surface area contributed by atoms with E-state index in [0.717, 1.165) is 6.42 Å². The lowest BCUT2D eigenvalue weighted by atomic mass is 9.95. The number of carbonyl (C=O) groups is 3. The number of hydrogen-bond acceptors (Lipinski definition) is 5. The van der Waals surface area contributed by atoms with Gasteiger partial charge in [0.2, 0.25) is 5.91 Å². The van der Waals surface area contributed by atoms with Crippen LogP contribution in [0, 0.1) is 17.8 Å². The van der Waals surface area contributed by atoms with Crippen LogP contribution in [0.4, 0.5) is 4.79 Å². The molecule has 8 nitrogen and oxygen atoms in total. The average molecular weight is 440 g/mol. The van der Waals surface area contributed by atoms with Crippen LogP contribution < -0.4 is 0 Å². The summed E-state index contributed by atoms with van der Waals surface area (Å²) in [6.07, 6.45) is -0.564. The Morgan fingerprint density at radius 1 is 0.968 bits per heavy atom. The zero-order valence-electron chi connectivity index (χ0n) is 20.5. The maximum Gasteiger partial charge on any atom is 0.436 e. The zero-order valence-corrected chi connectivity index (χ0v) is 20.5. The van der Waals surface area contributed by atoms with Gasteiger partial charge < -0.3 is 14.5 Å². The molecule has 2 saturated heterocycles. The van der Waals surface area contributed by atoms with Gasteiger partial charge in [0, 0.05) is 6.54 Å². The van der Waals surface area contributed by atoms with Crippen LogP contribution in [0.5, 0.6) is 0 Å². The molecule has 178 valence electrons. The van der Waals surface area contributed by atoms with Gasteiger partial charge in [0.15, 0.2) is 12.3 Å². The van der Waals surface area contributed by atoms with E-state index in [1.54, 1.807) is 23.6 Å². The van der Waals surface area contributed by atoms with Gasteiger partial charge in [0.1, 0.15) is 6.04 Å². The molecule has 1 unspecified atom stereocenters. The van der Waals surface area contributed by atoms with Gasteiger partial charge in [-0.2, -0.15) is 5.06 Å². The van der Waals surface area contributed by atoms with Crippen molar-refractivity contribution in [2.75, 3.05) is 13.1 Å². The molecule has 0 aromatic carbocycles. The summed E-state index contributed by atoms with van der Waals surface area (Å²) < 4.78 is 5.42. The van der Waals surface area contributed by atoms with Crippen LogP contribution in [0.1, 0.15) is 74.7 Å². The van der Waals surface area contributed by atoms with Crippen LogP contribution in [0.25, 0.3) is 0 Å². The number of piperazine rings is 1. The predicted octanol–water partition coefficient (Wildman–Crippen LogP) is 3.65. The van der Waals surface area contributed by atoms with Gasteiger partial charge in [-0.25, -0.2) is 4.79 Å². The fourth-order valence-corrected chi connectivity index (χ4v) is 4.09. The molecule has 0 aliphatic carbocycles. The summed E-state index contributed by atoms with van der Waals surface area (Å²) in [6, 6.07) is -0.605. The van der Waals surface area contributed by atoms with E-state index < -0.39 is 24.4 Å². The standard InChI is InChI=1S/C23H41N3O5/c1-14(2)9-10-24-13-20-25(18(21(24)27)11-15(3)4)22(28)19(12-16(5)6)31-26(20)23(29)30-17(7)8/h14-20H,9-13H2,1-8H3/t18-,19+,20?/m0/s1. The zero-order chi connectivity index (χ0) is 23.5. The van der Waals surface area contributed by atoms with Crippen molar-refractivity contribution >= 4 is 17.9 Å². The van der Waals surface area contributed by atoms with Crippen molar-refractivity contribution in [2.24, 2.45) is 17.8 Å². The van der Waals surface area contributed by atoms with Gasteiger partial charge >= 0.3 is 6.09 Å². The topological polar surface area (TPSA) is 79.4 Å². The van der Waals surface area contributed by atoms with E-state index >= 15 is 0 Å². The molecule has 0 spiro atoms. The molecule has 0 radical (unpaired) electrons. The van der Waals surface area contributed by atoms with Crippen LogP contribution in [-0.2, 0) is 19.2 Å². The fraction of sp³-hybridized carbons (Fsp3) is 0.870. The molecule has 2 aliphatic heterocycles. The normalized spacial score (nSPS) is 24.6.